The zero-order valence-corrected chi connectivity index (χ0v) is 17.7. The molecule has 0 aliphatic carbocycles. The summed E-state index contributed by atoms with van der Waals surface area (Å²) in [6.07, 6.45) is 1.43. The van der Waals surface area contributed by atoms with Gasteiger partial charge in [0.05, 0.1) is 22.3 Å². The van der Waals surface area contributed by atoms with Crippen molar-refractivity contribution in [2.45, 2.75) is 18.3 Å². The van der Waals surface area contributed by atoms with E-state index in [-0.39, 0.29) is 5.88 Å². The Kier molecular flexibility index (Phi) is 5.39. The molecule has 3 heteroatoms. The molecule has 0 fully saturated rings. The van der Waals surface area contributed by atoms with E-state index in [0.29, 0.717) is 12.8 Å². The second-order valence-corrected chi connectivity index (χ2v) is 8.18. The van der Waals surface area contributed by atoms with Gasteiger partial charge < -0.3 is 5.11 Å². The van der Waals surface area contributed by atoms with Crippen molar-refractivity contribution in [3.63, 3.8) is 0 Å². The average Bonchev–Trinajstić information content (AvgIpc) is 2.84. The Balaban J connectivity index is 1.77. The minimum atomic E-state index is -0.550. The SMILES string of the molecule is Oc1cccc(C(Cc2ccccc2)(Cc2ccccc2)c2ccc3ccccc3n2)n1. The van der Waals surface area contributed by atoms with Crippen LogP contribution < -0.4 is 0 Å². The molecule has 2 heterocycles. The van der Waals surface area contributed by atoms with E-state index in [1.807, 2.05) is 42.5 Å². The van der Waals surface area contributed by atoms with Gasteiger partial charge in [-0.15, -0.1) is 0 Å². The molecule has 1 N–H and O–H groups in total. The van der Waals surface area contributed by atoms with Gasteiger partial charge in [-0.05, 0) is 42.2 Å². The fraction of sp³-hybridized carbons (Fsp3) is 0.103. The van der Waals surface area contributed by atoms with Gasteiger partial charge >= 0.3 is 0 Å². The third kappa shape index (κ3) is 3.97. The first-order valence-corrected chi connectivity index (χ1v) is 10.8. The van der Waals surface area contributed by atoms with Crippen LogP contribution in [0.2, 0.25) is 0 Å². The van der Waals surface area contributed by atoms with Crippen LogP contribution in [0.25, 0.3) is 10.9 Å². The van der Waals surface area contributed by atoms with E-state index in [1.54, 1.807) is 6.07 Å². The number of para-hydroxylation sites is 1. The minimum absolute atomic E-state index is 0.0220. The first kappa shape index (κ1) is 20.0. The molecule has 0 unspecified atom stereocenters. The van der Waals surface area contributed by atoms with Gasteiger partial charge in [0.1, 0.15) is 0 Å². The van der Waals surface area contributed by atoms with E-state index in [4.69, 9.17) is 4.98 Å². The molecular weight excluding hydrogens is 392 g/mol. The van der Waals surface area contributed by atoms with Crippen LogP contribution in [0.15, 0.2) is 115 Å². The normalized spacial score (nSPS) is 11.5. The molecule has 0 saturated carbocycles. The van der Waals surface area contributed by atoms with E-state index >= 15 is 0 Å². The predicted molar refractivity (Wildman–Crippen MR) is 129 cm³/mol. The quantitative estimate of drug-likeness (QED) is 0.363. The van der Waals surface area contributed by atoms with Crippen molar-refractivity contribution in [3.8, 4) is 5.88 Å². The zero-order chi connectivity index (χ0) is 21.8. The first-order valence-electron chi connectivity index (χ1n) is 10.8. The fourth-order valence-corrected chi connectivity index (χ4v) is 4.47. The third-order valence-corrected chi connectivity index (χ3v) is 6.01. The summed E-state index contributed by atoms with van der Waals surface area (Å²) in [7, 11) is 0. The molecule has 3 nitrogen and oxygen atoms in total. The summed E-state index contributed by atoms with van der Waals surface area (Å²) in [6.45, 7) is 0. The van der Waals surface area contributed by atoms with Crippen LogP contribution >= 0.6 is 0 Å². The number of hydrogen-bond donors (Lipinski definition) is 1. The average molecular weight is 417 g/mol. The summed E-state index contributed by atoms with van der Waals surface area (Å²) in [5.74, 6) is 0.0220. The molecule has 0 spiro atoms. The van der Waals surface area contributed by atoms with E-state index in [1.165, 1.54) is 11.1 Å². The van der Waals surface area contributed by atoms with Gasteiger partial charge in [-0.2, -0.15) is 0 Å². The molecule has 0 aliphatic rings. The van der Waals surface area contributed by atoms with Crippen LogP contribution in [-0.2, 0) is 18.3 Å². The number of nitrogens with zero attached hydrogens (tertiary/aromatic N) is 2. The topological polar surface area (TPSA) is 46.0 Å². The first-order chi connectivity index (χ1) is 15.7. The highest BCUT2D eigenvalue weighted by molar-refractivity contribution is 5.78. The molecule has 5 aromatic rings. The van der Waals surface area contributed by atoms with Crippen LogP contribution in [0, 0.1) is 0 Å². The third-order valence-electron chi connectivity index (χ3n) is 6.01. The fourth-order valence-electron chi connectivity index (χ4n) is 4.47. The molecule has 156 valence electrons. The number of hydrogen-bond acceptors (Lipinski definition) is 3. The lowest BCUT2D eigenvalue weighted by molar-refractivity contribution is 0.429. The summed E-state index contributed by atoms with van der Waals surface area (Å²) >= 11 is 0. The van der Waals surface area contributed by atoms with E-state index in [2.05, 4.69) is 71.7 Å². The summed E-state index contributed by atoms with van der Waals surface area (Å²) in [4.78, 5) is 9.73. The zero-order valence-electron chi connectivity index (χ0n) is 17.7. The van der Waals surface area contributed by atoms with Gasteiger partial charge in [-0.1, -0.05) is 91.0 Å². The molecule has 0 radical (unpaired) electrons. The number of benzene rings is 3. The lowest BCUT2D eigenvalue weighted by Gasteiger charge is -2.34. The molecule has 5 rings (SSSR count). The second kappa shape index (κ2) is 8.64. The monoisotopic (exact) mass is 416 g/mol. The van der Waals surface area contributed by atoms with Gasteiger partial charge in [0.25, 0.3) is 0 Å². The highest BCUT2D eigenvalue weighted by Gasteiger charge is 2.38. The maximum Gasteiger partial charge on any atom is 0.210 e. The Hall–Kier alpha value is -3.98. The van der Waals surface area contributed by atoms with Crippen molar-refractivity contribution in [2.24, 2.45) is 0 Å². The molecule has 0 bridgehead atoms. The molecule has 2 aromatic heterocycles. The molecule has 0 atom stereocenters. The summed E-state index contributed by atoms with van der Waals surface area (Å²) in [5.41, 5.74) is 4.56. The van der Waals surface area contributed by atoms with Crippen molar-refractivity contribution in [1.82, 2.24) is 9.97 Å². The Morgan fingerprint density at radius 3 is 1.78 bits per heavy atom. The van der Waals surface area contributed by atoms with Gasteiger partial charge in [0.15, 0.2) is 0 Å². The van der Waals surface area contributed by atoms with Crippen molar-refractivity contribution in [1.29, 1.82) is 0 Å². The minimum Gasteiger partial charge on any atom is -0.493 e. The van der Waals surface area contributed by atoms with E-state index < -0.39 is 5.41 Å². The lowest BCUT2D eigenvalue weighted by atomic mass is 9.71. The highest BCUT2D eigenvalue weighted by Crippen LogP contribution is 2.38. The van der Waals surface area contributed by atoms with Crippen LogP contribution in [0.4, 0.5) is 0 Å². The summed E-state index contributed by atoms with van der Waals surface area (Å²) < 4.78 is 0. The van der Waals surface area contributed by atoms with Gasteiger partial charge in [0.2, 0.25) is 5.88 Å². The van der Waals surface area contributed by atoms with Crippen LogP contribution in [0.3, 0.4) is 0 Å². The van der Waals surface area contributed by atoms with Gasteiger partial charge in [-0.3, -0.25) is 4.98 Å². The maximum absolute atomic E-state index is 10.3. The molecular formula is C29H24N2O. The Labute approximate surface area is 188 Å². The number of fused-ring (bicyclic) bond motifs is 1. The van der Waals surface area contributed by atoms with Crippen molar-refractivity contribution in [2.75, 3.05) is 0 Å². The van der Waals surface area contributed by atoms with Crippen molar-refractivity contribution < 1.29 is 5.11 Å². The predicted octanol–water partition coefficient (Wildman–Crippen LogP) is 6.11. The van der Waals surface area contributed by atoms with E-state index in [9.17, 15) is 5.11 Å². The van der Waals surface area contributed by atoms with Crippen LogP contribution in [0.1, 0.15) is 22.5 Å². The second-order valence-electron chi connectivity index (χ2n) is 8.18. The Morgan fingerprint density at radius 2 is 1.12 bits per heavy atom. The Bertz CT molecular complexity index is 1290. The smallest absolute Gasteiger partial charge is 0.210 e. The number of rotatable bonds is 6. The standard InChI is InChI=1S/C29H24N2O/c32-28-17-9-16-26(31-28)29(20-22-10-3-1-4-11-22,21-23-12-5-2-6-13-23)27-19-18-24-14-7-8-15-25(24)30-27/h1-19H,20-21H2,(H,31,32). The van der Waals surface area contributed by atoms with Crippen molar-refractivity contribution in [3.05, 3.63) is 138 Å². The van der Waals surface area contributed by atoms with Crippen molar-refractivity contribution >= 4 is 10.9 Å². The molecule has 3 aromatic carbocycles. The molecule has 0 saturated heterocycles. The van der Waals surface area contributed by atoms with Crippen LogP contribution in [-0.4, -0.2) is 15.1 Å². The highest BCUT2D eigenvalue weighted by atomic mass is 16.3. The molecule has 0 amide bonds. The number of pyridine rings is 2. The van der Waals surface area contributed by atoms with Gasteiger partial charge in [0, 0.05) is 11.5 Å². The summed E-state index contributed by atoms with van der Waals surface area (Å²) in [6, 6.07) is 38.8. The van der Waals surface area contributed by atoms with Crippen LogP contribution in [0.5, 0.6) is 5.88 Å². The Morgan fingerprint density at radius 1 is 0.531 bits per heavy atom. The van der Waals surface area contributed by atoms with E-state index in [0.717, 1.165) is 22.3 Å². The largest absolute Gasteiger partial charge is 0.493 e. The number of aromatic nitrogens is 2. The summed E-state index contributed by atoms with van der Waals surface area (Å²) in [5, 5.41) is 11.4. The molecule has 0 aliphatic heterocycles. The maximum atomic E-state index is 10.3. The lowest BCUT2D eigenvalue weighted by Crippen LogP contribution is -2.35. The van der Waals surface area contributed by atoms with Gasteiger partial charge in [-0.25, -0.2) is 4.98 Å². The molecule has 32 heavy (non-hydrogen) atoms. The number of aromatic hydroxyl groups is 1.